The van der Waals surface area contributed by atoms with E-state index < -0.39 is 5.41 Å². The highest BCUT2D eigenvalue weighted by atomic mass is 16.6. The molecule has 0 N–H and O–H groups in total. The highest BCUT2D eigenvalue weighted by Crippen LogP contribution is 2.60. The van der Waals surface area contributed by atoms with Crippen LogP contribution >= 0.6 is 0 Å². The van der Waals surface area contributed by atoms with Crippen molar-refractivity contribution < 1.29 is 56.9 Å². The van der Waals surface area contributed by atoms with Crippen LogP contribution in [0, 0.1) is 48.9 Å². The van der Waals surface area contributed by atoms with Gasteiger partial charge in [0, 0.05) is 6.61 Å². The zero-order chi connectivity index (χ0) is 68.0. The number of carbonyl (C=O) groups is 1. The third kappa shape index (κ3) is 20.8. The van der Waals surface area contributed by atoms with Crippen molar-refractivity contribution in [2.24, 2.45) is 28.2 Å². The van der Waals surface area contributed by atoms with Gasteiger partial charge in [0.15, 0.2) is 0 Å². The number of nitrogens with zero attached hydrogens (tertiary/aromatic N) is 1. The molecule has 0 spiro atoms. The van der Waals surface area contributed by atoms with Crippen LogP contribution in [-0.2, 0) is 54.5 Å². The summed E-state index contributed by atoms with van der Waals surface area (Å²) in [6.07, 6.45) is 27.6. The summed E-state index contributed by atoms with van der Waals surface area (Å²) in [7, 11) is 0. The summed E-state index contributed by atoms with van der Waals surface area (Å²) < 4.78 is 64.0. The summed E-state index contributed by atoms with van der Waals surface area (Å²) in [5.74, 6) is 10.8. The van der Waals surface area contributed by atoms with Gasteiger partial charge in [-0.1, -0.05) is 182 Å². The van der Waals surface area contributed by atoms with E-state index in [0.29, 0.717) is 125 Å². The maximum absolute atomic E-state index is 13.0. The molecule has 0 aromatic heterocycles. The van der Waals surface area contributed by atoms with Crippen molar-refractivity contribution in [2.45, 2.75) is 70.6 Å². The van der Waals surface area contributed by atoms with Crippen LogP contribution in [0.1, 0.15) is 89.5 Å². The molecule has 4 fully saturated rings. The standard InChI is InChI=1S/C86H97NO12/c1-66-58-79(86(76-19-6-3-7-20-76,77-21-8-4-9-22-77)78-23-10-5-11-24-78)59-67(2)83(66)98-57-56-97-81-35-25-68(26-36-81)16-15-41-90-43-45-92-47-49-93-48-46-91-44-42-89-40-13-12-39-87-80-33-29-74(30-34-80)72-17-14-18-73(28-27-72)75-31-37-82(38-32-75)96-54-52-94-50-51-95-53-55-99-84(88)85-63-69-60-70(64-85)62-71(61-69)65-85/h3-11,14,17-38,58-59,69-71H,15-16,39-57,60-65H2,1-2H3. The van der Waals surface area contributed by atoms with Crippen LogP contribution in [0.2, 0.25) is 0 Å². The Kier molecular flexibility index (Phi) is 27.8. The Morgan fingerprint density at radius 3 is 1.46 bits per heavy atom. The number of hydrogen-bond donors (Lipinski definition) is 0. The maximum Gasteiger partial charge on any atom is 0.312 e. The predicted molar refractivity (Wildman–Crippen MR) is 391 cm³/mol. The molecule has 0 amide bonds. The summed E-state index contributed by atoms with van der Waals surface area (Å²) in [6.45, 7) is 13.0. The molecule has 99 heavy (non-hydrogen) atoms. The van der Waals surface area contributed by atoms with Crippen LogP contribution in [0.5, 0.6) is 17.2 Å². The summed E-state index contributed by atoms with van der Waals surface area (Å²) in [5.41, 5.74) is 12.8. The number of aryl methyl sites for hydroxylation is 3. The van der Waals surface area contributed by atoms with E-state index in [1.807, 2.05) is 36.4 Å². The fourth-order valence-corrected chi connectivity index (χ4v) is 14.8. The van der Waals surface area contributed by atoms with Crippen molar-refractivity contribution in [3.63, 3.8) is 0 Å². The van der Waals surface area contributed by atoms with Crippen LogP contribution in [0.4, 0.5) is 0 Å². The van der Waals surface area contributed by atoms with E-state index in [1.165, 1.54) is 47.1 Å². The lowest BCUT2D eigenvalue weighted by molar-refractivity contribution is -0.173. The number of hydrogen-bond acceptors (Lipinski definition) is 13. The second kappa shape index (κ2) is 38.2. The zero-order valence-electron chi connectivity index (χ0n) is 57.8. The molecule has 4 bridgehead atoms. The maximum atomic E-state index is 13.0. The SMILES string of the molecule is Cc1cc(C(c2ccccc2)(c2ccccc2)c2ccccc2)cc(C)c1OCCOc1ccc(CCCOCCOCCOCCOCCOCC#CCN=C2C=CC(=C3C=CC=C(c4ccc(OCCOCCOCCOC(=O)C56CC7CC(CC(C7)C5)C6)cc4)C=C3)C=C2)cc1. The molecule has 0 atom stereocenters. The minimum atomic E-state index is -0.512. The van der Waals surface area contributed by atoms with Gasteiger partial charge in [-0.2, -0.15) is 0 Å². The highest BCUT2D eigenvalue weighted by molar-refractivity contribution is 6.06. The van der Waals surface area contributed by atoms with Gasteiger partial charge in [0.25, 0.3) is 0 Å². The Labute approximate surface area is 586 Å². The molecule has 518 valence electrons. The number of esters is 1. The first-order valence-electron chi connectivity index (χ1n) is 35.6. The van der Waals surface area contributed by atoms with E-state index in [0.717, 1.165) is 106 Å². The molecule has 0 unspecified atom stereocenters. The Balaban J connectivity index is 0.462. The monoisotopic (exact) mass is 1340 g/mol. The van der Waals surface area contributed by atoms with Gasteiger partial charge in [-0.05, 0) is 181 Å². The van der Waals surface area contributed by atoms with Crippen molar-refractivity contribution in [3.8, 4) is 29.1 Å². The van der Waals surface area contributed by atoms with E-state index in [2.05, 4.69) is 201 Å². The Morgan fingerprint density at radius 1 is 0.465 bits per heavy atom. The van der Waals surface area contributed by atoms with Crippen molar-refractivity contribution in [1.82, 2.24) is 0 Å². The third-order valence-electron chi connectivity index (χ3n) is 19.1. The van der Waals surface area contributed by atoms with Gasteiger partial charge in [-0.3, -0.25) is 9.79 Å². The molecular formula is C86H97NO12. The predicted octanol–water partition coefficient (Wildman–Crippen LogP) is 15.4. The second-order valence-corrected chi connectivity index (χ2v) is 26.2. The average Bonchev–Trinajstić information content (AvgIpc) is 0.800. The molecule has 0 saturated heterocycles. The van der Waals surface area contributed by atoms with E-state index in [9.17, 15) is 4.79 Å². The molecule has 0 heterocycles. The third-order valence-corrected chi connectivity index (χ3v) is 19.1. The van der Waals surface area contributed by atoms with Crippen LogP contribution < -0.4 is 14.2 Å². The number of ether oxygens (including phenoxy) is 11. The van der Waals surface area contributed by atoms with Gasteiger partial charge >= 0.3 is 5.97 Å². The van der Waals surface area contributed by atoms with Crippen molar-refractivity contribution in [1.29, 1.82) is 0 Å². The van der Waals surface area contributed by atoms with Crippen LogP contribution in [0.3, 0.4) is 0 Å². The molecule has 6 aromatic rings. The van der Waals surface area contributed by atoms with Crippen molar-refractivity contribution in [3.05, 3.63) is 262 Å². The molecule has 6 aliphatic carbocycles. The molecule has 4 saturated carbocycles. The fraction of sp³-hybridized carbons (Fsp3) is 0.395. The zero-order valence-corrected chi connectivity index (χ0v) is 57.8. The number of rotatable bonds is 39. The Morgan fingerprint density at radius 2 is 0.919 bits per heavy atom. The van der Waals surface area contributed by atoms with E-state index in [1.54, 1.807) is 0 Å². The summed E-state index contributed by atoms with van der Waals surface area (Å²) in [5, 5.41) is 0. The van der Waals surface area contributed by atoms with Crippen LogP contribution in [0.15, 0.2) is 222 Å². The molecule has 13 heteroatoms. The normalized spacial score (nSPS) is 18.2. The van der Waals surface area contributed by atoms with Gasteiger partial charge in [-0.25, -0.2) is 0 Å². The molecule has 12 rings (SSSR count). The minimum Gasteiger partial charge on any atom is -0.491 e. The average molecular weight is 1340 g/mol. The van der Waals surface area contributed by atoms with Gasteiger partial charge in [-0.15, -0.1) is 0 Å². The van der Waals surface area contributed by atoms with Gasteiger partial charge in [0.1, 0.15) is 56.8 Å². The second-order valence-electron chi connectivity index (χ2n) is 26.2. The van der Waals surface area contributed by atoms with Crippen molar-refractivity contribution >= 4 is 17.3 Å². The summed E-state index contributed by atoms with van der Waals surface area (Å²) >= 11 is 0. The molecule has 6 aliphatic rings. The lowest BCUT2D eigenvalue weighted by Crippen LogP contribution is -2.50. The van der Waals surface area contributed by atoms with Crippen LogP contribution in [0.25, 0.3) is 5.57 Å². The lowest BCUT2D eigenvalue weighted by atomic mass is 9.49. The number of carbonyl (C=O) groups excluding carboxylic acids is 1. The minimum absolute atomic E-state index is 0.0110. The first-order chi connectivity index (χ1) is 48.8. The van der Waals surface area contributed by atoms with Gasteiger partial charge < -0.3 is 52.1 Å². The van der Waals surface area contributed by atoms with E-state index in [4.69, 9.17) is 52.1 Å². The number of allylic oxidation sites excluding steroid dienone is 12. The molecule has 13 nitrogen and oxygen atoms in total. The number of aliphatic imine (C=N–C) groups is 1. The van der Waals surface area contributed by atoms with Crippen LogP contribution in [-0.4, -0.2) is 137 Å². The van der Waals surface area contributed by atoms with E-state index >= 15 is 0 Å². The summed E-state index contributed by atoms with van der Waals surface area (Å²) in [6, 6.07) is 53.3. The highest BCUT2D eigenvalue weighted by Gasteiger charge is 2.55. The Hall–Kier alpha value is -8.42. The molecule has 0 aliphatic heterocycles. The topological polar surface area (TPSA) is 131 Å². The largest absolute Gasteiger partial charge is 0.491 e. The fourth-order valence-electron chi connectivity index (χ4n) is 14.8. The van der Waals surface area contributed by atoms with Gasteiger partial charge in [0.05, 0.1) is 95.8 Å². The van der Waals surface area contributed by atoms with Crippen molar-refractivity contribution in [2.75, 3.05) is 125 Å². The first-order valence-corrected chi connectivity index (χ1v) is 35.6. The first kappa shape index (κ1) is 71.9. The lowest BCUT2D eigenvalue weighted by Gasteiger charge is -2.55. The molecule has 0 radical (unpaired) electrons. The smallest absolute Gasteiger partial charge is 0.312 e. The quantitative estimate of drug-likeness (QED) is 0.0158. The molecular weight excluding hydrogens is 1240 g/mol. The number of benzene rings is 6. The molecule has 6 aromatic carbocycles. The van der Waals surface area contributed by atoms with E-state index in [-0.39, 0.29) is 11.4 Å². The van der Waals surface area contributed by atoms with Gasteiger partial charge in [0.2, 0.25) is 0 Å². The summed E-state index contributed by atoms with van der Waals surface area (Å²) in [4.78, 5) is 17.6. The Bertz CT molecular complexity index is 3610.